The number of aromatic hydroxyl groups is 1. The molecule has 1 rings (SSSR count). The third kappa shape index (κ3) is 11.1. The Morgan fingerprint density at radius 3 is 1.72 bits per heavy atom. The SMILES string of the molecule is CCCCCCCCCCCCCCC(O)CCCc1cc(C)c(O)c(C)c1C. The van der Waals surface area contributed by atoms with Crippen LogP contribution in [0.3, 0.4) is 0 Å². The van der Waals surface area contributed by atoms with Crippen molar-refractivity contribution in [3.05, 3.63) is 28.3 Å². The van der Waals surface area contributed by atoms with Crippen LogP contribution in [0, 0.1) is 20.8 Å². The lowest BCUT2D eigenvalue weighted by atomic mass is 9.94. The number of benzene rings is 1. The molecule has 0 saturated heterocycles. The molecule has 0 aliphatic rings. The van der Waals surface area contributed by atoms with Gasteiger partial charge in [-0.1, -0.05) is 90.0 Å². The molecule has 0 bridgehead atoms. The molecule has 168 valence electrons. The number of phenols is 1. The highest BCUT2D eigenvalue weighted by atomic mass is 16.3. The lowest BCUT2D eigenvalue weighted by molar-refractivity contribution is 0.148. The number of aliphatic hydroxyl groups excluding tert-OH is 1. The summed E-state index contributed by atoms with van der Waals surface area (Å²) in [6.45, 7) is 8.32. The van der Waals surface area contributed by atoms with Gasteiger partial charge in [0.15, 0.2) is 0 Å². The van der Waals surface area contributed by atoms with E-state index >= 15 is 0 Å². The van der Waals surface area contributed by atoms with Gasteiger partial charge in [0.05, 0.1) is 6.10 Å². The van der Waals surface area contributed by atoms with E-state index in [4.69, 9.17) is 0 Å². The Bertz CT molecular complexity index is 550. The first-order valence-corrected chi connectivity index (χ1v) is 12.4. The topological polar surface area (TPSA) is 40.5 Å². The van der Waals surface area contributed by atoms with E-state index in [1.54, 1.807) is 0 Å². The highest BCUT2D eigenvalue weighted by Gasteiger charge is 2.10. The molecule has 0 heterocycles. The van der Waals surface area contributed by atoms with E-state index in [-0.39, 0.29) is 6.10 Å². The fourth-order valence-electron chi connectivity index (χ4n) is 4.31. The molecule has 1 atom stereocenters. The number of hydrogen-bond acceptors (Lipinski definition) is 2. The van der Waals surface area contributed by atoms with E-state index in [0.717, 1.165) is 43.2 Å². The van der Waals surface area contributed by atoms with Crippen molar-refractivity contribution in [3.63, 3.8) is 0 Å². The predicted octanol–water partition coefficient (Wildman–Crippen LogP) is 8.09. The maximum absolute atomic E-state index is 10.3. The van der Waals surface area contributed by atoms with Crippen LogP contribution in [0.1, 0.15) is 125 Å². The van der Waals surface area contributed by atoms with Gasteiger partial charge >= 0.3 is 0 Å². The number of phenolic OH excluding ortho intramolecular Hbond substituents is 1. The van der Waals surface area contributed by atoms with Crippen LogP contribution in [0.15, 0.2) is 6.07 Å². The molecule has 0 spiro atoms. The average Bonchev–Trinajstić information content (AvgIpc) is 2.71. The number of aryl methyl sites for hydroxylation is 2. The van der Waals surface area contributed by atoms with Crippen molar-refractivity contribution in [1.82, 2.24) is 0 Å². The minimum atomic E-state index is -0.155. The van der Waals surface area contributed by atoms with E-state index < -0.39 is 0 Å². The summed E-state index contributed by atoms with van der Waals surface area (Å²) >= 11 is 0. The zero-order valence-corrected chi connectivity index (χ0v) is 19.9. The van der Waals surface area contributed by atoms with Crippen LogP contribution in [0.25, 0.3) is 0 Å². The molecule has 1 unspecified atom stereocenters. The van der Waals surface area contributed by atoms with Crippen molar-refractivity contribution >= 4 is 0 Å². The van der Waals surface area contributed by atoms with Crippen LogP contribution in [0.5, 0.6) is 5.75 Å². The predicted molar refractivity (Wildman–Crippen MR) is 127 cm³/mol. The van der Waals surface area contributed by atoms with Crippen molar-refractivity contribution < 1.29 is 10.2 Å². The Hall–Kier alpha value is -1.02. The highest BCUT2D eigenvalue weighted by Crippen LogP contribution is 2.28. The third-order valence-electron chi connectivity index (χ3n) is 6.54. The average molecular weight is 405 g/mol. The smallest absolute Gasteiger partial charge is 0.121 e. The van der Waals surface area contributed by atoms with Crippen molar-refractivity contribution in [2.75, 3.05) is 0 Å². The molecule has 0 saturated carbocycles. The van der Waals surface area contributed by atoms with E-state index in [9.17, 15) is 10.2 Å². The minimum absolute atomic E-state index is 0.155. The van der Waals surface area contributed by atoms with Gasteiger partial charge < -0.3 is 10.2 Å². The van der Waals surface area contributed by atoms with Gasteiger partial charge in [-0.3, -0.25) is 0 Å². The van der Waals surface area contributed by atoms with Gasteiger partial charge in [-0.25, -0.2) is 0 Å². The number of rotatable bonds is 17. The Kier molecular flexibility index (Phi) is 14.1. The first kappa shape index (κ1) is 26.0. The van der Waals surface area contributed by atoms with Crippen LogP contribution < -0.4 is 0 Å². The van der Waals surface area contributed by atoms with Crippen LogP contribution in [0.2, 0.25) is 0 Å². The van der Waals surface area contributed by atoms with E-state index in [1.807, 2.05) is 13.8 Å². The van der Waals surface area contributed by atoms with Crippen LogP contribution in [-0.2, 0) is 6.42 Å². The highest BCUT2D eigenvalue weighted by molar-refractivity contribution is 5.48. The summed E-state index contributed by atoms with van der Waals surface area (Å²) in [6.07, 6.45) is 20.0. The van der Waals surface area contributed by atoms with Crippen molar-refractivity contribution in [3.8, 4) is 5.75 Å². The van der Waals surface area contributed by atoms with E-state index in [2.05, 4.69) is 19.9 Å². The zero-order valence-electron chi connectivity index (χ0n) is 19.9. The second kappa shape index (κ2) is 15.8. The maximum Gasteiger partial charge on any atom is 0.121 e. The molecule has 29 heavy (non-hydrogen) atoms. The molecule has 1 aromatic carbocycles. The summed E-state index contributed by atoms with van der Waals surface area (Å²) in [7, 11) is 0. The summed E-state index contributed by atoms with van der Waals surface area (Å²) in [5.74, 6) is 0.429. The molecular weight excluding hydrogens is 356 g/mol. The Morgan fingerprint density at radius 1 is 0.690 bits per heavy atom. The summed E-state index contributed by atoms with van der Waals surface area (Å²) in [5, 5.41) is 20.3. The molecular formula is C27H48O2. The molecule has 2 nitrogen and oxygen atoms in total. The number of unbranched alkanes of at least 4 members (excludes halogenated alkanes) is 11. The number of hydrogen-bond donors (Lipinski definition) is 2. The summed E-state index contributed by atoms with van der Waals surface area (Å²) < 4.78 is 0. The largest absolute Gasteiger partial charge is 0.507 e. The lowest BCUT2D eigenvalue weighted by Crippen LogP contribution is -2.07. The van der Waals surface area contributed by atoms with E-state index in [1.165, 1.54) is 81.8 Å². The fourth-order valence-corrected chi connectivity index (χ4v) is 4.31. The molecule has 2 heteroatoms. The molecule has 0 radical (unpaired) electrons. The van der Waals surface area contributed by atoms with Crippen LogP contribution in [-0.4, -0.2) is 16.3 Å². The maximum atomic E-state index is 10.3. The summed E-state index contributed by atoms with van der Waals surface area (Å²) in [5.41, 5.74) is 4.47. The van der Waals surface area contributed by atoms with Crippen molar-refractivity contribution in [1.29, 1.82) is 0 Å². The van der Waals surface area contributed by atoms with Gasteiger partial charge in [0.25, 0.3) is 0 Å². The second-order valence-electron chi connectivity index (χ2n) is 9.18. The van der Waals surface area contributed by atoms with Gasteiger partial charge in [0.2, 0.25) is 0 Å². The van der Waals surface area contributed by atoms with Gasteiger partial charge in [-0.05, 0) is 68.7 Å². The van der Waals surface area contributed by atoms with E-state index in [0.29, 0.717) is 5.75 Å². The summed E-state index contributed by atoms with van der Waals surface area (Å²) in [4.78, 5) is 0. The van der Waals surface area contributed by atoms with Crippen LogP contribution >= 0.6 is 0 Å². The minimum Gasteiger partial charge on any atom is -0.507 e. The van der Waals surface area contributed by atoms with Gasteiger partial charge in [0.1, 0.15) is 5.75 Å². The quantitative estimate of drug-likeness (QED) is 0.257. The van der Waals surface area contributed by atoms with Crippen molar-refractivity contribution in [2.45, 2.75) is 137 Å². The molecule has 1 aromatic rings. The number of aliphatic hydroxyl groups is 1. The first-order valence-electron chi connectivity index (χ1n) is 12.4. The third-order valence-corrected chi connectivity index (χ3v) is 6.54. The molecule has 0 aromatic heterocycles. The standard InChI is InChI=1S/C27H48O2/c1-5-6-7-8-9-10-11-12-13-14-15-16-19-26(28)20-17-18-25-21-22(2)27(29)24(4)23(25)3/h21,26,28-29H,5-20H2,1-4H3. The summed E-state index contributed by atoms with van der Waals surface area (Å²) in [6, 6.07) is 2.11. The first-order chi connectivity index (χ1) is 14.0. The molecule has 0 amide bonds. The Labute approximate surface area is 181 Å². The van der Waals surface area contributed by atoms with Crippen LogP contribution in [0.4, 0.5) is 0 Å². The normalized spacial score (nSPS) is 12.4. The van der Waals surface area contributed by atoms with Crippen molar-refractivity contribution in [2.24, 2.45) is 0 Å². The fraction of sp³-hybridized carbons (Fsp3) is 0.778. The second-order valence-corrected chi connectivity index (χ2v) is 9.18. The molecule has 0 fully saturated rings. The Balaban J connectivity index is 2.01. The molecule has 0 aliphatic carbocycles. The monoisotopic (exact) mass is 404 g/mol. The van der Waals surface area contributed by atoms with Gasteiger partial charge in [0, 0.05) is 0 Å². The van der Waals surface area contributed by atoms with Gasteiger partial charge in [-0.15, -0.1) is 0 Å². The zero-order chi connectivity index (χ0) is 21.5. The molecule has 0 aliphatic heterocycles. The Morgan fingerprint density at radius 2 is 1.17 bits per heavy atom. The van der Waals surface area contributed by atoms with Gasteiger partial charge in [-0.2, -0.15) is 0 Å². The lowest BCUT2D eigenvalue weighted by Gasteiger charge is -2.14. The molecule has 2 N–H and O–H groups in total.